The Kier molecular flexibility index (Phi) is 4.44. The summed E-state index contributed by atoms with van der Waals surface area (Å²) >= 11 is 10.6. The molecular weight excluding hydrogens is 304 g/mol. The van der Waals surface area contributed by atoms with E-state index in [1.54, 1.807) is 0 Å². The fraction of sp³-hybridized carbons (Fsp3) is 0.636. The third-order valence-corrected chi connectivity index (χ3v) is 5.75. The maximum absolute atomic E-state index is 5.19. The van der Waals surface area contributed by atoms with Gasteiger partial charge in [0, 0.05) is 10.9 Å². The first kappa shape index (κ1) is 12.6. The van der Waals surface area contributed by atoms with Crippen LogP contribution < -0.4 is 0 Å². The number of aryl methyl sites for hydroxylation is 1. The highest BCUT2D eigenvalue weighted by molar-refractivity contribution is 9.10. The van der Waals surface area contributed by atoms with Crippen LogP contribution in [0.4, 0.5) is 0 Å². The molecule has 1 heterocycles. The molecule has 0 unspecified atom stereocenters. The lowest BCUT2D eigenvalue weighted by Gasteiger charge is -2.09. The quantitative estimate of drug-likeness (QED) is 0.838. The van der Waals surface area contributed by atoms with Gasteiger partial charge < -0.3 is 4.98 Å². The summed E-state index contributed by atoms with van der Waals surface area (Å²) in [6.45, 7) is 2.02. The van der Waals surface area contributed by atoms with Gasteiger partial charge in [-0.15, -0.1) is 0 Å². The molecule has 1 fully saturated rings. The van der Waals surface area contributed by atoms with E-state index in [9.17, 15) is 0 Å². The van der Waals surface area contributed by atoms with Crippen LogP contribution in [0.2, 0.25) is 0 Å². The Morgan fingerprint density at radius 3 is 2.81 bits per heavy atom. The molecule has 0 aliphatic heterocycles. The molecule has 0 bridgehead atoms. The van der Waals surface area contributed by atoms with Gasteiger partial charge in [0.05, 0.1) is 10.2 Å². The van der Waals surface area contributed by atoms with E-state index < -0.39 is 0 Å². The summed E-state index contributed by atoms with van der Waals surface area (Å²) in [4.78, 5) is 7.68. The van der Waals surface area contributed by atoms with Crippen LogP contribution in [0.25, 0.3) is 0 Å². The molecule has 0 spiro atoms. The Bertz CT molecular complexity index is 424. The number of halogens is 1. The van der Waals surface area contributed by atoms with E-state index in [0.717, 1.165) is 27.0 Å². The summed E-state index contributed by atoms with van der Waals surface area (Å²) in [5, 5.41) is 0.827. The van der Waals surface area contributed by atoms with Gasteiger partial charge in [0.2, 0.25) is 0 Å². The van der Waals surface area contributed by atoms with Crippen molar-refractivity contribution in [2.24, 2.45) is 0 Å². The predicted octanol–water partition coefficient (Wildman–Crippen LogP) is 4.39. The van der Waals surface area contributed by atoms with Crippen LogP contribution in [-0.4, -0.2) is 15.2 Å². The molecule has 0 amide bonds. The Balaban J connectivity index is 2.01. The number of nitrogens with one attached hydrogen (secondary N) is 1. The summed E-state index contributed by atoms with van der Waals surface area (Å²) in [7, 11) is 0. The van der Waals surface area contributed by atoms with Gasteiger partial charge in [-0.05, 0) is 35.7 Å². The molecule has 1 N–H and O–H groups in total. The summed E-state index contributed by atoms with van der Waals surface area (Å²) in [5.74, 6) is 1.95. The van der Waals surface area contributed by atoms with Gasteiger partial charge in [0.1, 0.15) is 10.5 Å². The minimum absolute atomic E-state index is 0.665. The van der Waals surface area contributed by atoms with Crippen molar-refractivity contribution >= 4 is 39.9 Å². The largest absolute Gasteiger partial charge is 0.346 e. The fourth-order valence-corrected chi connectivity index (χ4v) is 3.60. The van der Waals surface area contributed by atoms with Gasteiger partial charge in [0.25, 0.3) is 0 Å². The smallest absolute Gasteiger partial charge is 0.144 e. The van der Waals surface area contributed by atoms with Crippen molar-refractivity contribution in [2.75, 3.05) is 0 Å². The lowest BCUT2D eigenvalue weighted by Crippen LogP contribution is -2.00. The third kappa shape index (κ3) is 3.08. The fourth-order valence-electron chi connectivity index (χ4n) is 1.95. The molecule has 5 heteroatoms. The molecule has 2 nitrogen and oxygen atoms in total. The summed E-state index contributed by atoms with van der Waals surface area (Å²) < 4.78 is 1.58. The van der Waals surface area contributed by atoms with Crippen LogP contribution in [0, 0.1) is 11.6 Å². The first-order chi connectivity index (χ1) is 7.66. The van der Waals surface area contributed by atoms with E-state index in [-0.39, 0.29) is 0 Å². The van der Waals surface area contributed by atoms with Gasteiger partial charge in [-0.2, -0.15) is 11.8 Å². The SMILES string of the molecule is Cc1[nH]c(CSC2CCCC2)nc(=S)c1Br. The van der Waals surface area contributed by atoms with Gasteiger partial charge in [-0.1, -0.05) is 25.1 Å². The molecule has 1 saturated carbocycles. The highest BCUT2D eigenvalue weighted by atomic mass is 79.9. The van der Waals surface area contributed by atoms with Gasteiger partial charge in [-0.25, -0.2) is 4.98 Å². The average molecular weight is 319 g/mol. The second-order valence-electron chi connectivity index (χ2n) is 4.15. The van der Waals surface area contributed by atoms with E-state index in [2.05, 4.69) is 25.9 Å². The molecule has 2 rings (SSSR count). The van der Waals surface area contributed by atoms with Crippen LogP contribution in [0.5, 0.6) is 0 Å². The zero-order chi connectivity index (χ0) is 11.5. The standard InChI is InChI=1S/C11H15BrN2S2/c1-7-10(12)11(15)14-9(13-7)6-16-8-4-2-3-5-8/h8H,2-6H2,1H3,(H,13,14,15). The van der Waals surface area contributed by atoms with Crippen molar-refractivity contribution in [3.8, 4) is 0 Å². The minimum Gasteiger partial charge on any atom is -0.346 e. The second kappa shape index (κ2) is 5.65. The molecule has 0 aromatic carbocycles. The van der Waals surface area contributed by atoms with Crippen molar-refractivity contribution in [1.82, 2.24) is 9.97 Å². The lowest BCUT2D eigenvalue weighted by atomic mass is 10.4. The van der Waals surface area contributed by atoms with Crippen molar-refractivity contribution < 1.29 is 0 Å². The summed E-state index contributed by atoms with van der Waals surface area (Å²) in [6, 6.07) is 0. The normalized spacial score (nSPS) is 16.9. The number of nitrogens with zero attached hydrogens (tertiary/aromatic N) is 1. The number of hydrogen-bond donors (Lipinski definition) is 1. The topological polar surface area (TPSA) is 28.7 Å². The van der Waals surface area contributed by atoms with Gasteiger partial charge in [-0.3, -0.25) is 0 Å². The molecule has 1 aromatic rings. The Hall–Kier alpha value is 0.130. The van der Waals surface area contributed by atoms with Crippen LogP contribution in [0.3, 0.4) is 0 Å². The highest BCUT2D eigenvalue weighted by Crippen LogP contribution is 2.31. The number of aromatic nitrogens is 2. The maximum atomic E-state index is 5.19. The molecule has 16 heavy (non-hydrogen) atoms. The Labute approximate surface area is 114 Å². The van der Waals surface area contributed by atoms with Crippen molar-refractivity contribution in [3.63, 3.8) is 0 Å². The van der Waals surface area contributed by atoms with E-state index in [0.29, 0.717) is 4.64 Å². The third-order valence-electron chi connectivity index (χ3n) is 2.84. The number of rotatable bonds is 3. The van der Waals surface area contributed by atoms with Crippen LogP contribution in [-0.2, 0) is 5.75 Å². The molecule has 1 aromatic heterocycles. The zero-order valence-corrected chi connectivity index (χ0v) is 12.5. The zero-order valence-electron chi connectivity index (χ0n) is 9.25. The lowest BCUT2D eigenvalue weighted by molar-refractivity contribution is 0.886. The maximum Gasteiger partial charge on any atom is 0.144 e. The van der Waals surface area contributed by atoms with Crippen LogP contribution in [0.1, 0.15) is 37.2 Å². The highest BCUT2D eigenvalue weighted by Gasteiger charge is 2.15. The van der Waals surface area contributed by atoms with Gasteiger partial charge >= 0.3 is 0 Å². The Morgan fingerprint density at radius 1 is 1.50 bits per heavy atom. The van der Waals surface area contributed by atoms with E-state index in [1.807, 2.05) is 18.7 Å². The molecule has 0 radical (unpaired) electrons. The minimum atomic E-state index is 0.665. The summed E-state index contributed by atoms with van der Waals surface area (Å²) in [5.41, 5.74) is 1.07. The van der Waals surface area contributed by atoms with E-state index in [4.69, 9.17) is 12.2 Å². The molecule has 88 valence electrons. The first-order valence-corrected chi connectivity index (χ1v) is 7.78. The predicted molar refractivity (Wildman–Crippen MR) is 75.4 cm³/mol. The van der Waals surface area contributed by atoms with E-state index >= 15 is 0 Å². The van der Waals surface area contributed by atoms with Crippen LogP contribution >= 0.6 is 39.9 Å². The van der Waals surface area contributed by atoms with Crippen molar-refractivity contribution in [2.45, 2.75) is 43.6 Å². The number of aromatic amines is 1. The molecule has 1 aliphatic carbocycles. The number of hydrogen-bond acceptors (Lipinski definition) is 3. The Morgan fingerprint density at radius 2 is 2.19 bits per heavy atom. The molecule has 0 saturated heterocycles. The second-order valence-corrected chi connectivity index (χ2v) is 6.61. The number of thioether (sulfide) groups is 1. The summed E-state index contributed by atoms with van der Waals surface area (Å²) in [6.07, 6.45) is 5.50. The molecular formula is C11H15BrN2S2. The molecule has 0 atom stereocenters. The monoisotopic (exact) mass is 318 g/mol. The first-order valence-electron chi connectivity index (χ1n) is 5.53. The molecule has 1 aliphatic rings. The van der Waals surface area contributed by atoms with E-state index in [1.165, 1.54) is 25.7 Å². The number of H-pyrrole nitrogens is 1. The van der Waals surface area contributed by atoms with Crippen LogP contribution in [0.15, 0.2) is 4.47 Å². The average Bonchev–Trinajstić information content (AvgIpc) is 2.75. The van der Waals surface area contributed by atoms with Gasteiger partial charge in [0.15, 0.2) is 0 Å². The van der Waals surface area contributed by atoms with Crippen molar-refractivity contribution in [3.05, 3.63) is 20.6 Å². The van der Waals surface area contributed by atoms with Crippen molar-refractivity contribution in [1.29, 1.82) is 0 Å².